The van der Waals surface area contributed by atoms with Gasteiger partial charge in [-0.15, -0.1) is 10.2 Å². The van der Waals surface area contributed by atoms with E-state index in [-0.39, 0.29) is 11.7 Å². The van der Waals surface area contributed by atoms with Crippen molar-refractivity contribution in [3.63, 3.8) is 0 Å². The van der Waals surface area contributed by atoms with Crippen LogP contribution in [0.2, 0.25) is 0 Å². The molecule has 7 heteroatoms. The van der Waals surface area contributed by atoms with Crippen LogP contribution >= 0.6 is 0 Å². The Kier molecular flexibility index (Phi) is 5.84. The maximum absolute atomic E-state index is 13.0. The molecule has 0 saturated carbocycles. The molecule has 6 nitrogen and oxygen atoms in total. The van der Waals surface area contributed by atoms with Gasteiger partial charge in [0.25, 0.3) is 5.91 Å². The van der Waals surface area contributed by atoms with Crippen molar-refractivity contribution in [1.29, 1.82) is 0 Å². The molecule has 4 rings (SSSR count). The lowest BCUT2D eigenvalue weighted by Gasteiger charge is -2.09. The highest BCUT2D eigenvalue weighted by molar-refractivity contribution is 5.94. The van der Waals surface area contributed by atoms with E-state index < -0.39 is 0 Å². The number of nitrogens with one attached hydrogen (secondary N) is 1. The fourth-order valence-corrected chi connectivity index (χ4v) is 3.43. The van der Waals surface area contributed by atoms with Gasteiger partial charge in [-0.2, -0.15) is 0 Å². The van der Waals surface area contributed by atoms with E-state index in [1.807, 2.05) is 0 Å². The summed E-state index contributed by atoms with van der Waals surface area (Å²) < 4.78 is 20.8. The molecule has 150 valence electrons. The number of halogens is 1. The smallest absolute Gasteiger partial charge is 0.251 e. The molecule has 0 fully saturated rings. The summed E-state index contributed by atoms with van der Waals surface area (Å²) in [4.78, 5) is 12.4. The molecular formula is C22H23FN4O2. The molecule has 0 radical (unpaired) electrons. The van der Waals surface area contributed by atoms with Crippen molar-refractivity contribution < 1.29 is 13.9 Å². The second-order valence-corrected chi connectivity index (χ2v) is 7.08. The van der Waals surface area contributed by atoms with Gasteiger partial charge in [-0.05, 0) is 61.4 Å². The van der Waals surface area contributed by atoms with Gasteiger partial charge < -0.3 is 14.6 Å². The predicted molar refractivity (Wildman–Crippen MR) is 107 cm³/mol. The molecule has 3 aromatic rings. The van der Waals surface area contributed by atoms with E-state index in [0.717, 1.165) is 37.5 Å². The number of fused-ring (bicyclic) bond motifs is 1. The van der Waals surface area contributed by atoms with E-state index in [1.54, 1.807) is 36.4 Å². The third-order valence-electron chi connectivity index (χ3n) is 4.99. The average Bonchev–Trinajstić information content (AvgIpc) is 2.96. The minimum Gasteiger partial charge on any atom is -0.457 e. The lowest BCUT2D eigenvalue weighted by molar-refractivity contribution is 0.0954. The summed E-state index contributed by atoms with van der Waals surface area (Å²) in [6.07, 6.45) is 5.17. The maximum atomic E-state index is 13.0. The quantitative estimate of drug-likeness (QED) is 0.688. The summed E-state index contributed by atoms with van der Waals surface area (Å²) >= 11 is 0. The molecule has 0 bridgehead atoms. The van der Waals surface area contributed by atoms with Crippen LogP contribution in [0.3, 0.4) is 0 Å². The number of carbonyl (C=O) groups excluding carboxylic acids is 1. The normalized spacial score (nSPS) is 13.4. The predicted octanol–water partition coefficient (Wildman–Crippen LogP) is 3.91. The van der Waals surface area contributed by atoms with Crippen molar-refractivity contribution in [2.45, 2.75) is 38.6 Å². The zero-order valence-electron chi connectivity index (χ0n) is 16.1. The Morgan fingerprint density at radius 3 is 2.48 bits per heavy atom. The number of aryl methyl sites for hydroxylation is 1. The van der Waals surface area contributed by atoms with Gasteiger partial charge in [-0.1, -0.05) is 6.42 Å². The monoisotopic (exact) mass is 394 g/mol. The molecule has 1 aliphatic rings. The summed E-state index contributed by atoms with van der Waals surface area (Å²) in [6.45, 7) is 1.46. The van der Waals surface area contributed by atoms with E-state index in [2.05, 4.69) is 20.1 Å². The SMILES string of the molecule is O=C(NCCc1nnc2n1CCCCC2)c1ccc(Oc2ccc(F)cc2)cc1. The van der Waals surface area contributed by atoms with Gasteiger partial charge in [0.05, 0.1) is 0 Å². The Balaban J connectivity index is 1.30. The van der Waals surface area contributed by atoms with Crippen LogP contribution in [0.5, 0.6) is 11.5 Å². The van der Waals surface area contributed by atoms with Crippen molar-refractivity contribution in [2.75, 3.05) is 6.54 Å². The van der Waals surface area contributed by atoms with Crippen molar-refractivity contribution in [1.82, 2.24) is 20.1 Å². The molecule has 1 aromatic heterocycles. The number of rotatable bonds is 6. The molecule has 0 unspecified atom stereocenters. The third-order valence-corrected chi connectivity index (χ3v) is 4.99. The van der Waals surface area contributed by atoms with Crippen molar-refractivity contribution >= 4 is 5.91 Å². The molecule has 1 amide bonds. The first-order chi connectivity index (χ1) is 14.2. The highest BCUT2D eigenvalue weighted by atomic mass is 19.1. The summed E-state index contributed by atoms with van der Waals surface area (Å²) in [6, 6.07) is 12.6. The van der Waals surface area contributed by atoms with Crippen molar-refractivity contribution in [3.8, 4) is 11.5 Å². The van der Waals surface area contributed by atoms with Gasteiger partial charge in [0.1, 0.15) is 29.0 Å². The minimum absolute atomic E-state index is 0.145. The van der Waals surface area contributed by atoms with Crippen LogP contribution in [-0.4, -0.2) is 27.2 Å². The average molecular weight is 394 g/mol. The molecule has 2 heterocycles. The number of amides is 1. The Bertz CT molecular complexity index is 967. The summed E-state index contributed by atoms with van der Waals surface area (Å²) in [7, 11) is 0. The second kappa shape index (κ2) is 8.86. The zero-order chi connectivity index (χ0) is 20.1. The Morgan fingerprint density at radius 1 is 1.00 bits per heavy atom. The van der Waals surface area contributed by atoms with Crippen LogP contribution in [0.1, 0.15) is 41.3 Å². The molecule has 0 atom stereocenters. The first-order valence-corrected chi connectivity index (χ1v) is 9.92. The van der Waals surface area contributed by atoms with Gasteiger partial charge in [0.15, 0.2) is 0 Å². The molecule has 1 N–H and O–H groups in total. The number of ether oxygens (including phenoxy) is 1. The van der Waals surface area contributed by atoms with E-state index >= 15 is 0 Å². The van der Waals surface area contributed by atoms with Crippen LogP contribution in [0, 0.1) is 5.82 Å². The maximum Gasteiger partial charge on any atom is 0.251 e. The van der Waals surface area contributed by atoms with Crippen LogP contribution in [0.25, 0.3) is 0 Å². The number of benzene rings is 2. The minimum atomic E-state index is -0.313. The summed E-state index contributed by atoms with van der Waals surface area (Å²) in [5.74, 6) is 2.65. The van der Waals surface area contributed by atoms with Gasteiger partial charge in [0, 0.05) is 31.5 Å². The van der Waals surface area contributed by atoms with Crippen LogP contribution in [0.4, 0.5) is 4.39 Å². The molecule has 0 aliphatic carbocycles. The molecule has 2 aromatic carbocycles. The van der Waals surface area contributed by atoms with Crippen molar-refractivity contribution in [2.24, 2.45) is 0 Å². The van der Waals surface area contributed by atoms with Crippen molar-refractivity contribution in [3.05, 3.63) is 71.6 Å². The van der Waals surface area contributed by atoms with E-state index in [9.17, 15) is 9.18 Å². The number of aromatic nitrogens is 3. The third kappa shape index (κ3) is 4.80. The first-order valence-electron chi connectivity index (χ1n) is 9.92. The molecule has 29 heavy (non-hydrogen) atoms. The highest BCUT2D eigenvalue weighted by Crippen LogP contribution is 2.22. The summed E-state index contributed by atoms with van der Waals surface area (Å²) in [5, 5.41) is 11.5. The number of nitrogens with zero attached hydrogens (tertiary/aromatic N) is 3. The second-order valence-electron chi connectivity index (χ2n) is 7.08. The Hall–Kier alpha value is -3.22. The van der Waals surface area contributed by atoms with Gasteiger partial charge in [-0.3, -0.25) is 4.79 Å². The Morgan fingerprint density at radius 2 is 1.72 bits per heavy atom. The lowest BCUT2D eigenvalue weighted by Crippen LogP contribution is -2.26. The van der Waals surface area contributed by atoms with Crippen LogP contribution in [0.15, 0.2) is 48.5 Å². The van der Waals surface area contributed by atoms with Gasteiger partial charge in [-0.25, -0.2) is 4.39 Å². The largest absolute Gasteiger partial charge is 0.457 e. The zero-order valence-corrected chi connectivity index (χ0v) is 16.1. The molecular weight excluding hydrogens is 371 g/mol. The van der Waals surface area contributed by atoms with Gasteiger partial charge in [0.2, 0.25) is 0 Å². The van der Waals surface area contributed by atoms with E-state index in [0.29, 0.717) is 30.0 Å². The standard InChI is InChI=1S/C22H23FN4O2/c23-17-7-11-19(12-8-17)29-18-9-5-16(6-10-18)22(28)24-14-13-21-26-25-20-4-2-1-3-15-27(20)21/h5-12H,1-4,13-15H2,(H,24,28). The van der Waals surface area contributed by atoms with E-state index in [4.69, 9.17) is 4.74 Å². The lowest BCUT2D eigenvalue weighted by atomic mass is 10.2. The molecule has 0 spiro atoms. The fraction of sp³-hybridized carbons (Fsp3) is 0.318. The van der Waals surface area contributed by atoms with Crippen LogP contribution < -0.4 is 10.1 Å². The number of hydrogen-bond acceptors (Lipinski definition) is 4. The van der Waals surface area contributed by atoms with Crippen LogP contribution in [-0.2, 0) is 19.4 Å². The fourth-order valence-electron chi connectivity index (χ4n) is 3.43. The van der Waals surface area contributed by atoms with Gasteiger partial charge >= 0.3 is 0 Å². The van der Waals surface area contributed by atoms with E-state index in [1.165, 1.54) is 18.6 Å². The topological polar surface area (TPSA) is 69.0 Å². The summed E-state index contributed by atoms with van der Waals surface area (Å²) in [5.41, 5.74) is 0.552. The number of carbonyl (C=O) groups is 1. The highest BCUT2D eigenvalue weighted by Gasteiger charge is 2.14. The molecule has 0 saturated heterocycles. The first kappa shape index (κ1) is 19.1. The Labute approximate surface area is 168 Å². The number of hydrogen-bond donors (Lipinski definition) is 1. The molecule has 1 aliphatic heterocycles.